The summed E-state index contributed by atoms with van der Waals surface area (Å²) in [6.45, 7) is 2.35. The summed E-state index contributed by atoms with van der Waals surface area (Å²) in [5.74, 6) is -3.00. The van der Waals surface area contributed by atoms with Crippen molar-refractivity contribution in [3.05, 3.63) is 72.9 Å². The van der Waals surface area contributed by atoms with Gasteiger partial charge in [-0.2, -0.15) is 0 Å². The van der Waals surface area contributed by atoms with Crippen LogP contribution in [-0.2, 0) is 42.2 Å². The first-order valence-electron chi connectivity index (χ1n) is 23.4. The van der Waals surface area contributed by atoms with Crippen LogP contribution in [0.2, 0.25) is 0 Å². The van der Waals surface area contributed by atoms with E-state index in [9.17, 15) is 39.2 Å². The van der Waals surface area contributed by atoms with E-state index in [1.807, 2.05) is 12.2 Å². The number of rotatable bonds is 38. The summed E-state index contributed by atoms with van der Waals surface area (Å²) in [5, 5.41) is 39.9. The van der Waals surface area contributed by atoms with E-state index in [0.717, 1.165) is 64.2 Å². The highest BCUT2D eigenvalue weighted by atomic mass is 31.2. The van der Waals surface area contributed by atoms with Crippen molar-refractivity contribution in [3.8, 4) is 0 Å². The smallest absolute Gasteiger partial charge is 0.472 e. The summed E-state index contributed by atoms with van der Waals surface area (Å²) in [6.07, 6.45) is 35.8. The summed E-state index contributed by atoms with van der Waals surface area (Å²) in [5.41, 5.74) is 5.33. The lowest BCUT2D eigenvalue weighted by Crippen LogP contribution is -2.43. The van der Waals surface area contributed by atoms with Gasteiger partial charge in [-0.25, -0.2) is 4.57 Å². The number of hydrogen-bond acceptors (Lipinski definition) is 13. The van der Waals surface area contributed by atoms with E-state index in [2.05, 4.69) is 67.0 Å². The Labute approximate surface area is 382 Å². The molecule has 0 aliphatic carbocycles. The standard InChI is InChI=1S/C48H80NO14P/c1-3-5-7-8-9-10-11-12-13-14-15-16-17-18-19-20-21-22-28-32-46(53)62-40(37-60-64(57,58)61-38-42(49)48(55)56)36-59-45(52)31-27-24-23-26-30-41-43(51)35-47(54)63-44(41)34-33-39(50)29-25-6-4-2/h9-10,12-13,15-16,18-19,23,26,33-34,39-44,47,50-51,54H,3-8,11,14,17,20-22,24-25,27-32,35-38,49H2,1-2H3,(H,55,56)(H,57,58)/b10-9-,13-12-,16-15-,19-18-,26-23-,34-33+/t39-,40+,41-,42-,43-,44+,47?/m0/s1. The average Bonchev–Trinajstić information content (AvgIpc) is 3.25. The first-order chi connectivity index (χ1) is 30.8. The Morgan fingerprint density at radius 3 is 1.94 bits per heavy atom. The Bertz CT molecular complexity index is 1480. The van der Waals surface area contributed by atoms with Crippen LogP contribution in [0.5, 0.6) is 0 Å². The molecule has 0 amide bonds. The minimum absolute atomic E-state index is 0.0165. The molecule has 1 aliphatic heterocycles. The van der Waals surface area contributed by atoms with E-state index in [1.165, 1.54) is 19.3 Å². The molecule has 1 rings (SSSR count). The van der Waals surface area contributed by atoms with Gasteiger partial charge in [-0.3, -0.25) is 23.4 Å². The van der Waals surface area contributed by atoms with Crippen molar-refractivity contribution in [1.82, 2.24) is 0 Å². The molecule has 0 aromatic heterocycles. The van der Waals surface area contributed by atoms with E-state index < -0.39 is 82.3 Å². The zero-order valence-corrected chi connectivity index (χ0v) is 39.3. The number of hydrogen-bond donors (Lipinski definition) is 6. The largest absolute Gasteiger partial charge is 0.480 e. The van der Waals surface area contributed by atoms with Gasteiger partial charge in [0.05, 0.1) is 31.5 Å². The van der Waals surface area contributed by atoms with Crippen molar-refractivity contribution in [2.24, 2.45) is 11.7 Å². The third kappa shape index (κ3) is 32.4. The summed E-state index contributed by atoms with van der Waals surface area (Å²) >= 11 is 0. The highest BCUT2D eigenvalue weighted by Gasteiger charge is 2.35. The van der Waals surface area contributed by atoms with Gasteiger partial charge in [-0.05, 0) is 77.0 Å². The quantitative estimate of drug-likeness (QED) is 0.0147. The van der Waals surface area contributed by atoms with Crippen molar-refractivity contribution in [2.75, 3.05) is 19.8 Å². The van der Waals surface area contributed by atoms with Crippen molar-refractivity contribution < 1.29 is 67.5 Å². The van der Waals surface area contributed by atoms with E-state index in [-0.39, 0.29) is 25.2 Å². The fourth-order valence-electron chi connectivity index (χ4n) is 6.44. The molecule has 0 aromatic carbocycles. The molecule has 1 aliphatic rings. The van der Waals surface area contributed by atoms with Crippen LogP contribution in [0.4, 0.5) is 0 Å². The molecule has 0 aromatic rings. The van der Waals surface area contributed by atoms with E-state index in [4.69, 9.17) is 29.6 Å². The maximum absolute atomic E-state index is 12.7. The van der Waals surface area contributed by atoms with Crippen molar-refractivity contribution in [1.29, 1.82) is 0 Å². The van der Waals surface area contributed by atoms with Crippen LogP contribution >= 0.6 is 7.82 Å². The number of carbonyl (C=O) groups is 3. The lowest BCUT2D eigenvalue weighted by Gasteiger charge is -2.36. The Hall–Kier alpha value is -3.24. The number of nitrogens with two attached hydrogens (primary N) is 1. The first-order valence-corrected chi connectivity index (χ1v) is 24.9. The molecular weight excluding hydrogens is 845 g/mol. The molecule has 2 unspecified atom stereocenters. The second-order valence-corrected chi connectivity index (χ2v) is 17.5. The molecule has 7 N–H and O–H groups in total. The molecule has 16 heteroatoms. The third-order valence-corrected chi connectivity index (χ3v) is 11.2. The average molecular weight is 926 g/mol. The van der Waals surface area contributed by atoms with Crippen LogP contribution in [0, 0.1) is 5.92 Å². The van der Waals surface area contributed by atoms with Gasteiger partial charge in [0.2, 0.25) is 0 Å². The predicted molar refractivity (Wildman–Crippen MR) is 248 cm³/mol. The molecule has 366 valence electrons. The Kier molecular flexibility index (Phi) is 34.8. The number of aliphatic hydroxyl groups is 3. The molecule has 1 heterocycles. The fourth-order valence-corrected chi connectivity index (χ4v) is 7.22. The van der Waals surface area contributed by atoms with Crippen LogP contribution < -0.4 is 5.73 Å². The number of esters is 2. The van der Waals surface area contributed by atoms with Crippen LogP contribution in [0.15, 0.2) is 72.9 Å². The number of phosphoric acid groups is 1. The van der Waals surface area contributed by atoms with E-state index in [0.29, 0.717) is 32.1 Å². The molecule has 0 saturated carbocycles. The van der Waals surface area contributed by atoms with Gasteiger partial charge in [0, 0.05) is 25.2 Å². The normalized spacial score (nSPS) is 20.8. The van der Waals surface area contributed by atoms with Gasteiger partial charge in [-0.1, -0.05) is 125 Å². The lowest BCUT2D eigenvalue weighted by molar-refractivity contribution is -0.199. The Balaban J connectivity index is 2.53. The zero-order valence-electron chi connectivity index (χ0n) is 38.4. The van der Waals surface area contributed by atoms with Crippen molar-refractivity contribution in [2.45, 2.75) is 185 Å². The van der Waals surface area contributed by atoms with Crippen molar-refractivity contribution in [3.63, 3.8) is 0 Å². The number of carboxylic acid groups (broad SMARTS) is 1. The highest BCUT2D eigenvalue weighted by molar-refractivity contribution is 7.47. The number of ether oxygens (including phenoxy) is 3. The molecule has 0 bridgehead atoms. The number of carbonyl (C=O) groups excluding carboxylic acids is 2. The van der Waals surface area contributed by atoms with Gasteiger partial charge in [0.1, 0.15) is 12.6 Å². The van der Waals surface area contributed by atoms with Gasteiger partial charge in [0.15, 0.2) is 12.4 Å². The van der Waals surface area contributed by atoms with Gasteiger partial charge in [-0.15, -0.1) is 0 Å². The second-order valence-electron chi connectivity index (χ2n) is 16.1. The third-order valence-electron chi connectivity index (χ3n) is 10.2. The van der Waals surface area contributed by atoms with Crippen molar-refractivity contribution >= 4 is 25.7 Å². The van der Waals surface area contributed by atoms with E-state index in [1.54, 1.807) is 12.2 Å². The molecule has 64 heavy (non-hydrogen) atoms. The minimum atomic E-state index is -4.80. The molecule has 15 nitrogen and oxygen atoms in total. The van der Waals surface area contributed by atoms with Crippen LogP contribution in [0.25, 0.3) is 0 Å². The number of aliphatic carboxylic acids is 1. The maximum Gasteiger partial charge on any atom is 0.472 e. The maximum atomic E-state index is 12.7. The van der Waals surface area contributed by atoms with Gasteiger partial charge in [0.25, 0.3) is 0 Å². The van der Waals surface area contributed by atoms with Crippen LogP contribution in [-0.4, -0.2) is 99.8 Å². The second kappa shape index (κ2) is 37.9. The van der Waals surface area contributed by atoms with Crippen LogP contribution in [0.1, 0.15) is 149 Å². The summed E-state index contributed by atoms with van der Waals surface area (Å²) in [7, 11) is -4.80. The summed E-state index contributed by atoms with van der Waals surface area (Å²) in [4.78, 5) is 46.3. The molecule has 8 atom stereocenters. The summed E-state index contributed by atoms with van der Waals surface area (Å²) in [6, 6.07) is -1.57. The Morgan fingerprint density at radius 1 is 0.734 bits per heavy atom. The predicted octanol–water partition coefficient (Wildman–Crippen LogP) is 8.61. The molecule has 0 spiro atoms. The number of allylic oxidation sites excluding steroid dienone is 10. The molecule has 1 fully saturated rings. The Morgan fingerprint density at radius 2 is 1.30 bits per heavy atom. The lowest BCUT2D eigenvalue weighted by atomic mass is 9.87. The summed E-state index contributed by atoms with van der Waals surface area (Å²) < 4.78 is 38.3. The number of unbranched alkanes of at least 4 members (excludes halogenated alkanes) is 9. The number of phosphoric ester groups is 1. The molecule has 1 saturated heterocycles. The zero-order chi connectivity index (χ0) is 47.3. The minimum Gasteiger partial charge on any atom is -0.480 e. The highest BCUT2D eigenvalue weighted by Crippen LogP contribution is 2.43. The van der Waals surface area contributed by atoms with Gasteiger partial charge < -0.3 is 45.3 Å². The SMILES string of the molecule is CCCCC/C=C\C/C=C\C/C=C\C/C=C\CCCCCC(=O)O[C@H](COC(=O)CCC/C=C\C[C@H]1[C@@H](O)CC(O)O[C@@H]1/C=C/[C@@H](O)CCCCC)COP(=O)(O)OC[C@H](N)C(=O)O. The molecular formula is C48H80NO14P. The van der Waals surface area contributed by atoms with Crippen LogP contribution in [0.3, 0.4) is 0 Å². The number of aliphatic hydroxyl groups excluding tert-OH is 3. The monoisotopic (exact) mass is 926 g/mol. The fraction of sp³-hybridized carbons (Fsp3) is 0.688. The number of carboxylic acids is 1. The van der Waals surface area contributed by atoms with Gasteiger partial charge >= 0.3 is 25.7 Å². The topological polar surface area (TPSA) is 242 Å². The van der Waals surface area contributed by atoms with E-state index >= 15 is 0 Å². The molecule has 0 radical (unpaired) electrons. The first kappa shape index (κ1) is 58.8.